The Hall–Kier alpha value is -1.51. The summed E-state index contributed by atoms with van der Waals surface area (Å²) < 4.78 is 38.4. The first kappa shape index (κ1) is 21.5. The highest BCUT2D eigenvalue weighted by Gasteiger charge is 2.33. The van der Waals surface area contributed by atoms with Crippen LogP contribution in [0.2, 0.25) is 5.02 Å². The minimum atomic E-state index is -4.60. The summed E-state index contributed by atoms with van der Waals surface area (Å²) in [5, 5.41) is 10.9. The quantitative estimate of drug-likeness (QED) is 0.810. The van der Waals surface area contributed by atoms with E-state index in [1.807, 2.05) is 0 Å². The van der Waals surface area contributed by atoms with Crippen molar-refractivity contribution < 1.29 is 27.9 Å². The van der Waals surface area contributed by atoms with Crippen molar-refractivity contribution in [3.05, 3.63) is 28.8 Å². The topological polar surface area (TPSA) is 69.6 Å². The van der Waals surface area contributed by atoms with E-state index in [1.54, 1.807) is 4.90 Å². The van der Waals surface area contributed by atoms with Crippen molar-refractivity contribution in [1.82, 2.24) is 4.90 Å². The molecule has 1 fully saturated rings. The lowest BCUT2D eigenvalue weighted by Gasteiger charge is -2.29. The molecule has 1 aromatic rings. The first-order valence-electron chi connectivity index (χ1n) is 7.28. The Kier molecular flexibility index (Phi) is 7.52. The number of anilines is 1. The monoisotopic (exact) mass is 400 g/mol. The third-order valence-corrected chi connectivity index (χ3v) is 4.19. The lowest BCUT2D eigenvalue weighted by atomic mass is 9.97. The molecule has 0 unspecified atom stereocenters. The number of carbonyl (C=O) groups is 2. The van der Waals surface area contributed by atoms with Gasteiger partial charge in [-0.25, -0.2) is 0 Å². The molecule has 0 saturated carbocycles. The third-order valence-electron chi connectivity index (χ3n) is 3.86. The van der Waals surface area contributed by atoms with E-state index in [0.717, 1.165) is 12.1 Å². The molecular formula is C15H17Cl2F3N2O3. The molecule has 140 valence electrons. The molecule has 1 aliphatic heterocycles. The van der Waals surface area contributed by atoms with Crippen LogP contribution in [0.25, 0.3) is 0 Å². The lowest BCUT2D eigenvalue weighted by Crippen LogP contribution is -2.40. The number of nitrogens with one attached hydrogen (secondary N) is 1. The molecule has 0 atom stereocenters. The lowest BCUT2D eigenvalue weighted by molar-refractivity contribution is -0.143. The molecule has 0 aliphatic carbocycles. The van der Waals surface area contributed by atoms with Crippen LogP contribution in [-0.2, 0) is 15.8 Å². The molecule has 0 radical (unpaired) electrons. The van der Waals surface area contributed by atoms with E-state index < -0.39 is 34.6 Å². The Labute approximate surface area is 153 Å². The molecule has 25 heavy (non-hydrogen) atoms. The molecule has 1 amide bonds. The Balaban J connectivity index is 0.00000312. The Morgan fingerprint density at radius 1 is 1.28 bits per heavy atom. The number of rotatable bonds is 4. The van der Waals surface area contributed by atoms with Crippen molar-refractivity contribution in [3.8, 4) is 0 Å². The predicted molar refractivity (Wildman–Crippen MR) is 89.1 cm³/mol. The Morgan fingerprint density at radius 2 is 1.88 bits per heavy atom. The average Bonchev–Trinajstić information content (AvgIpc) is 2.48. The number of carboxylic acid groups (broad SMARTS) is 1. The first-order valence-corrected chi connectivity index (χ1v) is 7.66. The van der Waals surface area contributed by atoms with Gasteiger partial charge in [-0.2, -0.15) is 13.2 Å². The molecule has 10 heteroatoms. The molecule has 0 aromatic heterocycles. The van der Waals surface area contributed by atoms with Crippen LogP contribution in [0, 0.1) is 5.92 Å². The van der Waals surface area contributed by atoms with Crippen LogP contribution >= 0.6 is 24.0 Å². The second-order valence-corrected chi connectivity index (χ2v) is 6.04. The van der Waals surface area contributed by atoms with Crippen molar-refractivity contribution in [2.75, 3.05) is 25.0 Å². The predicted octanol–water partition coefficient (Wildman–Crippen LogP) is 3.52. The number of nitrogens with zero attached hydrogens (tertiary/aromatic N) is 1. The second kappa shape index (κ2) is 8.73. The van der Waals surface area contributed by atoms with Crippen LogP contribution in [0.1, 0.15) is 18.4 Å². The van der Waals surface area contributed by atoms with Gasteiger partial charge in [0.05, 0.1) is 23.0 Å². The maximum absolute atomic E-state index is 12.8. The zero-order valence-electron chi connectivity index (χ0n) is 13.0. The summed E-state index contributed by atoms with van der Waals surface area (Å²) in [5.41, 5.74) is -0.999. The van der Waals surface area contributed by atoms with Gasteiger partial charge in [0.2, 0.25) is 5.91 Å². The van der Waals surface area contributed by atoms with Gasteiger partial charge in [-0.05, 0) is 44.1 Å². The van der Waals surface area contributed by atoms with E-state index in [-0.39, 0.29) is 24.6 Å². The fourth-order valence-corrected chi connectivity index (χ4v) is 2.79. The van der Waals surface area contributed by atoms with Crippen LogP contribution in [0.3, 0.4) is 0 Å². The van der Waals surface area contributed by atoms with Crippen molar-refractivity contribution >= 4 is 41.6 Å². The standard InChI is InChI=1S/C15H16ClF3N2O3.ClH/c16-12-2-1-10(7-11(12)15(17,18)19)20-13(22)8-21-5-3-9(4-6-21)14(23)24;/h1-2,7,9H,3-6,8H2,(H,20,22)(H,23,24);1H. The summed E-state index contributed by atoms with van der Waals surface area (Å²) in [6.07, 6.45) is -3.71. The summed E-state index contributed by atoms with van der Waals surface area (Å²) in [6, 6.07) is 3.17. The number of benzene rings is 1. The molecule has 2 N–H and O–H groups in total. The third kappa shape index (κ3) is 6.05. The average molecular weight is 401 g/mol. The second-order valence-electron chi connectivity index (χ2n) is 5.63. The molecule has 5 nitrogen and oxygen atoms in total. The summed E-state index contributed by atoms with van der Waals surface area (Å²) in [5.74, 6) is -1.71. The molecular weight excluding hydrogens is 384 g/mol. The number of carbonyl (C=O) groups excluding carboxylic acids is 1. The smallest absolute Gasteiger partial charge is 0.417 e. The molecule has 2 rings (SSSR count). The van der Waals surface area contributed by atoms with Gasteiger partial charge in [-0.15, -0.1) is 12.4 Å². The van der Waals surface area contributed by atoms with E-state index in [9.17, 15) is 22.8 Å². The molecule has 1 saturated heterocycles. The van der Waals surface area contributed by atoms with Gasteiger partial charge >= 0.3 is 12.1 Å². The minimum absolute atomic E-state index is 0. The number of aliphatic carboxylic acids is 1. The van der Waals surface area contributed by atoms with Crippen LogP contribution in [0.5, 0.6) is 0 Å². The van der Waals surface area contributed by atoms with Crippen molar-refractivity contribution in [2.24, 2.45) is 5.92 Å². The summed E-state index contributed by atoms with van der Waals surface area (Å²) in [7, 11) is 0. The van der Waals surface area contributed by atoms with Crippen LogP contribution in [0.15, 0.2) is 18.2 Å². The van der Waals surface area contributed by atoms with Gasteiger partial charge < -0.3 is 10.4 Å². The van der Waals surface area contributed by atoms with E-state index in [1.165, 1.54) is 6.07 Å². The summed E-state index contributed by atoms with van der Waals surface area (Å²) in [4.78, 5) is 24.6. The minimum Gasteiger partial charge on any atom is -0.481 e. The number of carboxylic acids is 1. The fourth-order valence-electron chi connectivity index (χ4n) is 2.56. The summed E-state index contributed by atoms with van der Waals surface area (Å²) in [6.45, 7) is 0.911. The number of halogens is 5. The largest absolute Gasteiger partial charge is 0.481 e. The molecule has 1 aliphatic rings. The Morgan fingerprint density at radius 3 is 2.40 bits per heavy atom. The number of hydrogen-bond acceptors (Lipinski definition) is 3. The highest BCUT2D eigenvalue weighted by atomic mass is 35.5. The number of piperidine rings is 1. The van der Waals surface area contributed by atoms with Gasteiger partial charge in [0.15, 0.2) is 0 Å². The zero-order chi connectivity index (χ0) is 17.9. The number of hydrogen-bond donors (Lipinski definition) is 2. The summed E-state index contributed by atoms with van der Waals surface area (Å²) >= 11 is 5.52. The zero-order valence-corrected chi connectivity index (χ0v) is 14.5. The van der Waals surface area contributed by atoms with Crippen molar-refractivity contribution in [2.45, 2.75) is 19.0 Å². The van der Waals surface area contributed by atoms with Gasteiger partial charge in [0, 0.05) is 5.69 Å². The molecule has 0 spiro atoms. The fraction of sp³-hybridized carbons (Fsp3) is 0.467. The SMILES string of the molecule is Cl.O=C(CN1CCC(C(=O)O)CC1)Nc1ccc(Cl)c(C(F)(F)F)c1. The first-order chi connectivity index (χ1) is 11.2. The van der Waals surface area contributed by atoms with Crippen LogP contribution in [0.4, 0.5) is 18.9 Å². The van der Waals surface area contributed by atoms with Crippen molar-refractivity contribution in [1.29, 1.82) is 0 Å². The highest BCUT2D eigenvalue weighted by molar-refractivity contribution is 6.31. The normalized spacial score (nSPS) is 16.2. The number of alkyl halides is 3. The van der Waals surface area contributed by atoms with Gasteiger partial charge in [-0.3, -0.25) is 14.5 Å². The van der Waals surface area contributed by atoms with E-state index in [2.05, 4.69) is 5.32 Å². The van der Waals surface area contributed by atoms with Crippen molar-refractivity contribution in [3.63, 3.8) is 0 Å². The van der Waals surface area contributed by atoms with E-state index >= 15 is 0 Å². The van der Waals surface area contributed by atoms with Gasteiger partial charge in [-0.1, -0.05) is 11.6 Å². The Bertz CT molecular complexity index is 633. The van der Waals surface area contributed by atoms with Crippen LogP contribution in [-0.4, -0.2) is 41.5 Å². The molecule has 1 aromatic carbocycles. The van der Waals surface area contributed by atoms with E-state index in [0.29, 0.717) is 25.9 Å². The highest BCUT2D eigenvalue weighted by Crippen LogP contribution is 2.36. The number of likely N-dealkylation sites (tertiary alicyclic amines) is 1. The maximum atomic E-state index is 12.8. The van der Waals surface area contributed by atoms with E-state index in [4.69, 9.17) is 16.7 Å². The van der Waals surface area contributed by atoms with Gasteiger partial charge in [0.1, 0.15) is 0 Å². The van der Waals surface area contributed by atoms with Gasteiger partial charge in [0.25, 0.3) is 0 Å². The molecule has 0 bridgehead atoms. The molecule has 1 heterocycles. The van der Waals surface area contributed by atoms with Crippen LogP contribution < -0.4 is 5.32 Å². The maximum Gasteiger partial charge on any atom is 0.417 e. The number of amides is 1.